The summed E-state index contributed by atoms with van der Waals surface area (Å²) in [6.07, 6.45) is 7.05. The Labute approximate surface area is 158 Å². The lowest BCUT2D eigenvalue weighted by Crippen LogP contribution is -2.49. The number of allylic oxidation sites excluding steroid dienone is 2. The number of fused-ring (bicyclic) bond motifs is 1. The Hall–Kier alpha value is -1.52. The lowest BCUT2D eigenvalue weighted by atomic mass is 9.53. The van der Waals surface area contributed by atoms with Crippen molar-refractivity contribution in [3.8, 4) is 0 Å². The Balaban J connectivity index is 1.61. The minimum Gasteiger partial charge on any atom is -0.383 e. The van der Waals surface area contributed by atoms with E-state index in [1.54, 1.807) is 11.3 Å². The maximum Gasteiger partial charge on any atom is 0.143 e. The standard InChI is InChI=1S/C22H25NO2S/c1-13-5-6-15-17(14(13)2)23-18(26-15)22(25)10-8-20(4)19(3)7-9-21(20,12-22)11-16(19)24/h5-7,9,25H,8,10-12H2,1-4H3/t19-,20-,21+,22-/m0/s1. The number of nitrogens with zero attached hydrogens (tertiary/aromatic N) is 1. The Morgan fingerprint density at radius 1 is 1.15 bits per heavy atom. The number of Topliss-reactive ketones (excluding diaryl/α,β-unsaturated/α-hetero) is 1. The summed E-state index contributed by atoms with van der Waals surface area (Å²) in [7, 11) is 0. The van der Waals surface area contributed by atoms with Crippen LogP contribution in [-0.4, -0.2) is 15.9 Å². The summed E-state index contributed by atoms with van der Waals surface area (Å²) in [6, 6.07) is 4.24. The molecule has 5 rings (SSSR count). The first-order valence-electron chi connectivity index (χ1n) is 9.48. The fourth-order valence-electron chi connectivity index (χ4n) is 5.84. The fourth-order valence-corrected chi connectivity index (χ4v) is 6.98. The average molecular weight is 368 g/mol. The highest BCUT2D eigenvalue weighted by Gasteiger charge is 2.72. The van der Waals surface area contributed by atoms with Crippen LogP contribution in [0.5, 0.6) is 0 Å². The van der Waals surface area contributed by atoms with Crippen molar-refractivity contribution in [2.75, 3.05) is 0 Å². The molecule has 3 nitrogen and oxygen atoms in total. The number of carbonyl (C=O) groups excluding carboxylic acids is 1. The molecule has 0 aliphatic heterocycles. The van der Waals surface area contributed by atoms with E-state index < -0.39 is 5.60 Å². The fraction of sp³-hybridized carbons (Fsp3) is 0.545. The number of aliphatic hydroxyl groups is 1. The predicted octanol–water partition coefficient (Wildman–Crippen LogP) is 4.83. The molecule has 2 aromatic rings. The number of carbonyl (C=O) groups is 1. The second-order valence-electron chi connectivity index (χ2n) is 9.21. The van der Waals surface area contributed by atoms with E-state index >= 15 is 0 Å². The van der Waals surface area contributed by atoms with Gasteiger partial charge in [-0.05, 0) is 62.6 Å². The van der Waals surface area contributed by atoms with Crippen LogP contribution in [0.3, 0.4) is 0 Å². The van der Waals surface area contributed by atoms with E-state index in [1.807, 2.05) is 0 Å². The lowest BCUT2D eigenvalue weighted by molar-refractivity contribution is -0.127. The first-order valence-corrected chi connectivity index (χ1v) is 10.3. The van der Waals surface area contributed by atoms with Crippen molar-refractivity contribution in [2.45, 2.75) is 59.0 Å². The molecule has 3 aliphatic rings. The van der Waals surface area contributed by atoms with Crippen LogP contribution in [-0.2, 0) is 10.4 Å². The van der Waals surface area contributed by atoms with E-state index in [4.69, 9.17) is 4.98 Å². The van der Waals surface area contributed by atoms with Crippen molar-refractivity contribution >= 4 is 27.3 Å². The van der Waals surface area contributed by atoms with Gasteiger partial charge in [0.2, 0.25) is 0 Å². The van der Waals surface area contributed by atoms with Gasteiger partial charge in [-0.25, -0.2) is 4.98 Å². The van der Waals surface area contributed by atoms with Crippen LogP contribution < -0.4 is 0 Å². The summed E-state index contributed by atoms with van der Waals surface area (Å²) >= 11 is 1.61. The van der Waals surface area contributed by atoms with Gasteiger partial charge in [-0.1, -0.05) is 25.1 Å². The molecule has 1 heterocycles. The quantitative estimate of drug-likeness (QED) is 0.735. The molecular formula is C22H25NO2S. The van der Waals surface area contributed by atoms with E-state index in [0.717, 1.165) is 21.6 Å². The summed E-state index contributed by atoms with van der Waals surface area (Å²) in [5.74, 6) is 0.336. The third-order valence-corrected chi connectivity index (χ3v) is 9.38. The molecular weight excluding hydrogens is 342 g/mol. The SMILES string of the molecule is Cc1ccc2sc([C@]3(O)CC[C@]4(C)[C@@]5(C=C[C@@]4(C)C(=O)C5)C3)nc2c1C. The van der Waals surface area contributed by atoms with Gasteiger partial charge in [0.15, 0.2) is 0 Å². The summed E-state index contributed by atoms with van der Waals surface area (Å²) in [4.78, 5) is 17.6. The van der Waals surface area contributed by atoms with Gasteiger partial charge in [0.25, 0.3) is 0 Å². The smallest absolute Gasteiger partial charge is 0.143 e. The lowest BCUT2D eigenvalue weighted by Gasteiger charge is -2.51. The number of aromatic nitrogens is 1. The number of hydrogen-bond donors (Lipinski definition) is 1. The highest BCUT2D eigenvalue weighted by Crippen LogP contribution is 2.74. The zero-order valence-electron chi connectivity index (χ0n) is 15.8. The summed E-state index contributed by atoms with van der Waals surface area (Å²) in [5.41, 5.74) is 1.82. The van der Waals surface area contributed by atoms with E-state index in [0.29, 0.717) is 25.0 Å². The molecule has 0 spiro atoms. The van der Waals surface area contributed by atoms with Gasteiger partial charge in [-0.3, -0.25) is 4.79 Å². The molecule has 0 amide bonds. The van der Waals surface area contributed by atoms with Gasteiger partial charge in [0, 0.05) is 11.8 Å². The number of hydrogen-bond acceptors (Lipinski definition) is 4. The molecule has 1 aromatic heterocycles. The maximum atomic E-state index is 12.7. The van der Waals surface area contributed by atoms with Gasteiger partial charge < -0.3 is 5.11 Å². The van der Waals surface area contributed by atoms with Crippen molar-refractivity contribution in [2.24, 2.45) is 16.2 Å². The van der Waals surface area contributed by atoms with Gasteiger partial charge in [-0.2, -0.15) is 0 Å². The van der Waals surface area contributed by atoms with Crippen molar-refractivity contribution in [3.05, 3.63) is 40.4 Å². The number of benzene rings is 1. The number of ketones is 1. The largest absolute Gasteiger partial charge is 0.383 e. The van der Waals surface area contributed by atoms with Crippen molar-refractivity contribution < 1.29 is 9.90 Å². The topological polar surface area (TPSA) is 50.2 Å². The molecule has 26 heavy (non-hydrogen) atoms. The Morgan fingerprint density at radius 3 is 2.65 bits per heavy atom. The second-order valence-corrected chi connectivity index (χ2v) is 10.2. The molecule has 1 aromatic carbocycles. The Kier molecular flexibility index (Phi) is 2.98. The monoisotopic (exact) mass is 367 g/mol. The first-order chi connectivity index (χ1) is 12.1. The third-order valence-electron chi connectivity index (χ3n) is 8.17. The molecule has 0 saturated heterocycles. The molecule has 2 fully saturated rings. The minimum atomic E-state index is -0.941. The van der Waals surface area contributed by atoms with Gasteiger partial charge in [0.1, 0.15) is 16.4 Å². The molecule has 136 valence electrons. The van der Waals surface area contributed by atoms with Crippen molar-refractivity contribution in [1.82, 2.24) is 4.98 Å². The highest BCUT2D eigenvalue weighted by atomic mass is 32.1. The van der Waals surface area contributed by atoms with Crippen LogP contribution in [0.4, 0.5) is 0 Å². The van der Waals surface area contributed by atoms with Crippen LogP contribution in [0.15, 0.2) is 24.3 Å². The van der Waals surface area contributed by atoms with Crippen LogP contribution in [0.25, 0.3) is 10.2 Å². The van der Waals surface area contributed by atoms with Crippen LogP contribution in [0.1, 0.15) is 55.7 Å². The predicted molar refractivity (Wildman–Crippen MR) is 104 cm³/mol. The zero-order chi connectivity index (χ0) is 18.5. The first kappa shape index (κ1) is 16.6. The summed E-state index contributed by atoms with van der Waals surface area (Å²) in [5, 5.41) is 12.5. The van der Waals surface area contributed by atoms with E-state index in [-0.39, 0.29) is 16.2 Å². The summed E-state index contributed by atoms with van der Waals surface area (Å²) < 4.78 is 1.14. The second kappa shape index (κ2) is 4.66. The van der Waals surface area contributed by atoms with Crippen LogP contribution in [0.2, 0.25) is 0 Å². The van der Waals surface area contributed by atoms with E-state index in [9.17, 15) is 9.90 Å². The van der Waals surface area contributed by atoms with Crippen molar-refractivity contribution in [3.63, 3.8) is 0 Å². The molecule has 4 atom stereocenters. The molecule has 2 saturated carbocycles. The maximum absolute atomic E-state index is 12.7. The Bertz CT molecular complexity index is 1010. The number of thiazole rings is 1. The van der Waals surface area contributed by atoms with Crippen LogP contribution >= 0.6 is 11.3 Å². The molecule has 1 N–H and O–H groups in total. The molecule has 4 heteroatoms. The molecule has 0 unspecified atom stereocenters. The molecule has 0 radical (unpaired) electrons. The number of rotatable bonds is 1. The summed E-state index contributed by atoms with van der Waals surface area (Å²) in [6.45, 7) is 8.54. The van der Waals surface area contributed by atoms with Gasteiger partial charge in [0.05, 0.1) is 15.6 Å². The number of aryl methyl sites for hydroxylation is 2. The van der Waals surface area contributed by atoms with Gasteiger partial charge >= 0.3 is 0 Å². The van der Waals surface area contributed by atoms with E-state index in [1.165, 1.54) is 11.1 Å². The van der Waals surface area contributed by atoms with E-state index in [2.05, 4.69) is 52.0 Å². The molecule has 3 aliphatic carbocycles. The highest BCUT2D eigenvalue weighted by molar-refractivity contribution is 7.18. The van der Waals surface area contributed by atoms with Crippen LogP contribution in [0, 0.1) is 30.1 Å². The Morgan fingerprint density at radius 2 is 1.92 bits per heavy atom. The van der Waals surface area contributed by atoms with Crippen molar-refractivity contribution in [1.29, 1.82) is 0 Å². The zero-order valence-corrected chi connectivity index (χ0v) is 16.7. The normalized spacial score (nSPS) is 41.2. The third kappa shape index (κ3) is 1.68. The average Bonchev–Trinajstić information content (AvgIpc) is 3.17. The van der Waals surface area contributed by atoms with Gasteiger partial charge in [-0.15, -0.1) is 11.3 Å². The minimum absolute atomic E-state index is 0.0769. The molecule has 2 bridgehead atoms.